The first-order chi connectivity index (χ1) is 14.2. The molecule has 0 bridgehead atoms. The topological polar surface area (TPSA) is 49.3 Å². The fourth-order valence-electron chi connectivity index (χ4n) is 4.73. The molecule has 2 aromatic heterocycles. The predicted molar refractivity (Wildman–Crippen MR) is 113 cm³/mol. The summed E-state index contributed by atoms with van der Waals surface area (Å²) in [4.78, 5) is 26.4. The molecule has 1 aromatic carbocycles. The van der Waals surface area contributed by atoms with Gasteiger partial charge in [-0.05, 0) is 35.7 Å². The number of nitrogens with zero attached hydrogens (tertiary/aromatic N) is 4. The van der Waals surface area contributed by atoms with Crippen molar-refractivity contribution in [1.29, 1.82) is 0 Å². The van der Waals surface area contributed by atoms with E-state index in [1.165, 1.54) is 11.3 Å². The average Bonchev–Trinajstić information content (AvgIpc) is 3.32. The third-order valence-corrected chi connectivity index (χ3v) is 6.12. The second kappa shape index (κ2) is 7.32. The molecule has 3 aromatic rings. The van der Waals surface area contributed by atoms with Gasteiger partial charge < -0.3 is 9.80 Å². The molecule has 0 radical (unpaired) electrons. The monoisotopic (exact) mass is 384 g/mol. The van der Waals surface area contributed by atoms with E-state index >= 15 is 0 Å². The van der Waals surface area contributed by atoms with Crippen LogP contribution in [0, 0.1) is 0 Å². The van der Waals surface area contributed by atoms with Crippen LogP contribution in [0.2, 0.25) is 0 Å². The Morgan fingerprint density at radius 3 is 2.62 bits per heavy atom. The van der Waals surface area contributed by atoms with Gasteiger partial charge in [0.05, 0.1) is 23.2 Å². The minimum absolute atomic E-state index is 0.0782. The van der Waals surface area contributed by atoms with E-state index in [1.54, 1.807) is 6.20 Å². The molecule has 2 aliphatic rings. The summed E-state index contributed by atoms with van der Waals surface area (Å²) < 4.78 is 0. The van der Waals surface area contributed by atoms with Crippen molar-refractivity contribution in [2.45, 2.75) is 24.8 Å². The molecule has 1 amide bonds. The molecule has 29 heavy (non-hydrogen) atoms. The van der Waals surface area contributed by atoms with Crippen LogP contribution in [0.25, 0.3) is 0 Å². The molecule has 1 atom stereocenters. The summed E-state index contributed by atoms with van der Waals surface area (Å²) in [7, 11) is 0. The Hall–Kier alpha value is -3.21. The minimum atomic E-state index is -0.0782. The summed E-state index contributed by atoms with van der Waals surface area (Å²) >= 11 is 0. The van der Waals surface area contributed by atoms with Crippen molar-refractivity contribution in [3.05, 3.63) is 90.0 Å². The Morgan fingerprint density at radius 1 is 0.966 bits per heavy atom. The number of fused-ring (bicyclic) bond motifs is 2. The summed E-state index contributed by atoms with van der Waals surface area (Å²) in [5, 5.41) is 0. The van der Waals surface area contributed by atoms with Gasteiger partial charge in [0, 0.05) is 44.8 Å². The van der Waals surface area contributed by atoms with Gasteiger partial charge in [0.1, 0.15) is 0 Å². The number of likely N-dealkylation sites (tertiary alicyclic amines) is 1. The van der Waals surface area contributed by atoms with E-state index in [-0.39, 0.29) is 11.3 Å². The summed E-state index contributed by atoms with van der Waals surface area (Å²) in [5.74, 6) is 0.205. The van der Waals surface area contributed by atoms with E-state index < -0.39 is 0 Å². The van der Waals surface area contributed by atoms with Gasteiger partial charge in [-0.15, -0.1) is 0 Å². The van der Waals surface area contributed by atoms with Crippen LogP contribution < -0.4 is 4.90 Å². The minimum Gasteiger partial charge on any atom is -0.365 e. The number of carbonyl (C=O) groups is 1. The van der Waals surface area contributed by atoms with E-state index in [0.717, 1.165) is 43.9 Å². The Balaban J connectivity index is 1.36. The number of aromatic nitrogens is 2. The van der Waals surface area contributed by atoms with Crippen LogP contribution in [0.3, 0.4) is 0 Å². The smallest absolute Gasteiger partial charge is 0.227 e. The van der Waals surface area contributed by atoms with Crippen LogP contribution in [0.4, 0.5) is 5.69 Å². The highest BCUT2D eigenvalue weighted by Crippen LogP contribution is 2.45. The highest BCUT2D eigenvalue weighted by Gasteiger charge is 2.49. The quantitative estimate of drug-likeness (QED) is 0.693. The zero-order chi connectivity index (χ0) is 19.7. The number of hydrogen-bond donors (Lipinski definition) is 0. The number of hydrogen-bond acceptors (Lipinski definition) is 4. The molecule has 0 saturated carbocycles. The molecule has 1 fully saturated rings. The third-order valence-electron chi connectivity index (χ3n) is 6.12. The van der Waals surface area contributed by atoms with E-state index in [0.29, 0.717) is 6.42 Å². The number of amides is 1. The average molecular weight is 384 g/mol. The summed E-state index contributed by atoms with van der Waals surface area (Å²) in [6, 6.07) is 18.2. The fraction of sp³-hybridized carbons (Fsp3) is 0.292. The maximum absolute atomic E-state index is 12.9. The molecule has 5 rings (SSSR count). The molecule has 1 saturated heterocycles. The zero-order valence-corrected chi connectivity index (χ0v) is 16.4. The molecule has 2 aliphatic heterocycles. The van der Waals surface area contributed by atoms with Crippen molar-refractivity contribution in [2.75, 3.05) is 24.5 Å². The molecular formula is C24H24N4O. The number of carbonyl (C=O) groups excluding carboxylic acids is 1. The Kier molecular flexibility index (Phi) is 4.51. The van der Waals surface area contributed by atoms with Gasteiger partial charge in [-0.3, -0.25) is 14.8 Å². The Morgan fingerprint density at radius 2 is 1.79 bits per heavy atom. The van der Waals surface area contributed by atoms with Crippen molar-refractivity contribution in [3.63, 3.8) is 0 Å². The van der Waals surface area contributed by atoms with Gasteiger partial charge in [-0.2, -0.15) is 0 Å². The normalized spacial score (nSPS) is 20.3. The van der Waals surface area contributed by atoms with Crippen LogP contribution in [0.15, 0.2) is 73.2 Å². The first-order valence-electron chi connectivity index (χ1n) is 10.1. The Labute approximate surface area is 171 Å². The number of anilines is 1. The maximum Gasteiger partial charge on any atom is 0.227 e. The van der Waals surface area contributed by atoms with Crippen LogP contribution in [0.5, 0.6) is 0 Å². The third kappa shape index (κ3) is 3.37. The lowest BCUT2D eigenvalue weighted by Crippen LogP contribution is -2.38. The van der Waals surface area contributed by atoms with Gasteiger partial charge in [0.25, 0.3) is 0 Å². The summed E-state index contributed by atoms with van der Waals surface area (Å²) in [6.45, 7) is 3.24. The lowest BCUT2D eigenvalue weighted by Gasteiger charge is -2.26. The molecule has 5 nitrogen and oxygen atoms in total. The van der Waals surface area contributed by atoms with E-state index in [1.807, 2.05) is 59.8 Å². The van der Waals surface area contributed by atoms with Crippen LogP contribution in [0.1, 0.15) is 23.2 Å². The number of rotatable bonds is 4. The van der Waals surface area contributed by atoms with Gasteiger partial charge in [-0.1, -0.05) is 36.4 Å². The second-order valence-corrected chi connectivity index (χ2v) is 8.10. The fourth-order valence-corrected chi connectivity index (χ4v) is 4.73. The van der Waals surface area contributed by atoms with Crippen molar-refractivity contribution < 1.29 is 4.79 Å². The lowest BCUT2D eigenvalue weighted by atomic mass is 9.85. The standard InChI is InChI=1S/C24H24N4O/c29-22(14-19-6-2-1-3-7-19)27-13-10-24(17-27)18-28(16-20-8-4-11-25-15-20)21-9-5-12-26-23(21)24/h1-9,11-12,15H,10,13-14,16-18H2/t24-/m1/s1. The molecule has 1 spiro atoms. The maximum atomic E-state index is 12.9. The van der Waals surface area contributed by atoms with E-state index in [4.69, 9.17) is 4.98 Å². The molecule has 4 heterocycles. The molecule has 146 valence electrons. The molecule has 5 heteroatoms. The molecule has 0 unspecified atom stereocenters. The largest absolute Gasteiger partial charge is 0.365 e. The van der Waals surface area contributed by atoms with Crippen molar-refractivity contribution >= 4 is 11.6 Å². The Bertz CT molecular complexity index is 1010. The van der Waals surface area contributed by atoms with Crippen molar-refractivity contribution in [3.8, 4) is 0 Å². The zero-order valence-electron chi connectivity index (χ0n) is 16.4. The second-order valence-electron chi connectivity index (χ2n) is 8.10. The molecule has 0 aliphatic carbocycles. The number of benzene rings is 1. The van der Waals surface area contributed by atoms with Crippen molar-refractivity contribution in [1.82, 2.24) is 14.9 Å². The molecular weight excluding hydrogens is 360 g/mol. The highest BCUT2D eigenvalue weighted by molar-refractivity contribution is 5.79. The van der Waals surface area contributed by atoms with Crippen LogP contribution in [-0.2, 0) is 23.2 Å². The summed E-state index contributed by atoms with van der Waals surface area (Å²) in [6.07, 6.45) is 7.03. The highest BCUT2D eigenvalue weighted by atomic mass is 16.2. The van der Waals surface area contributed by atoms with Gasteiger partial charge >= 0.3 is 0 Å². The van der Waals surface area contributed by atoms with Gasteiger partial charge in [0.2, 0.25) is 5.91 Å². The predicted octanol–water partition coefficient (Wildman–Crippen LogP) is 3.21. The van der Waals surface area contributed by atoms with Gasteiger partial charge in [-0.25, -0.2) is 0 Å². The van der Waals surface area contributed by atoms with Crippen LogP contribution in [-0.4, -0.2) is 40.4 Å². The first-order valence-corrected chi connectivity index (χ1v) is 10.1. The SMILES string of the molecule is O=C(Cc1ccccc1)N1CC[C@@]2(C1)CN(Cc1cccnc1)c1cccnc12. The number of pyridine rings is 2. The lowest BCUT2D eigenvalue weighted by molar-refractivity contribution is -0.129. The van der Waals surface area contributed by atoms with Gasteiger partial charge in [0.15, 0.2) is 0 Å². The van der Waals surface area contributed by atoms with E-state index in [9.17, 15) is 4.79 Å². The van der Waals surface area contributed by atoms with Crippen molar-refractivity contribution in [2.24, 2.45) is 0 Å². The van der Waals surface area contributed by atoms with E-state index in [2.05, 4.69) is 22.0 Å². The summed E-state index contributed by atoms with van der Waals surface area (Å²) in [5.41, 5.74) is 4.51. The first kappa shape index (κ1) is 17.9. The molecule has 0 N–H and O–H groups in total. The van der Waals surface area contributed by atoms with Crippen LogP contribution >= 0.6 is 0 Å².